The number of nitrogens with zero attached hydrogens (tertiary/aromatic N) is 1. The fraction of sp³-hybridized carbons (Fsp3) is 0.708. The Hall–Kier alpha value is -1.11. The van der Waals surface area contributed by atoms with Gasteiger partial charge in [-0.1, -0.05) is 24.1 Å². The topological polar surface area (TPSA) is 66.5 Å². The van der Waals surface area contributed by atoms with Crippen molar-refractivity contribution in [1.82, 2.24) is 9.62 Å². The first kappa shape index (κ1) is 21.7. The van der Waals surface area contributed by atoms with E-state index < -0.39 is 10.0 Å². The minimum Gasteiger partial charge on any atom is -0.351 e. The fourth-order valence-electron chi connectivity index (χ4n) is 7.31. The largest absolute Gasteiger partial charge is 0.351 e. The molecule has 5 nitrogen and oxygen atoms in total. The van der Waals surface area contributed by atoms with E-state index in [0.29, 0.717) is 17.1 Å². The van der Waals surface area contributed by atoms with Crippen molar-refractivity contribution in [2.24, 2.45) is 17.8 Å². The zero-order valence-corrected chi connectivity index (χ0v) is 19.9. The molecular formula is C24H33ClN2O3S. The zero-order chi connectivity index (χ0) is 21.8. The number of halogens is 1. The maximum atomic E-state index is 13.5. The lowest BCUT2D eigenvalue weighted by Gasteiger charge is -2.57. The van der Waals surface area contributed by atoms with Gasteiger partial charge >= 0.3 is 0 Å². The Morgan fingerprint density at radius 1 is 1.13 bits per heavy atom. The van der Waals surface area contributed by atoms with Crippen molar-refractivity contribution >= 4 is 27.5 Å². The molecule has 4 saturated carbocycles. The first-order valence-electron chi connectivity index (χ1n) is 11.8. The Bertz CT molecular complexity index is 942. The average Bonchev–Trinajstić information content (AvgIpc) is 2.68. The quantitative estimate of drug-likeness (QED) is 0.688. The van der Waals surface area contributed by atoms with Crippen molar-refractivity contribution in [2.75, 3.05) is 6.54 Å². The number of hydrogen-bond acceptors (Lipinski definition) is 3. The zero-order valence-electron chi connectivity index (χ0n) is 18.3. The van der Waals surface area contributed by atoms with Crippen LogP contribution in [0.5, 0.6) is 0 Å². The molecule has 1 aliphatic heterocycles. The molecule has 31 heavy (non-hydrogen) atoms. The molecule has 1 atom stereocenters. The molecule has 4 bridgehead atoms. The summed E-state index contributed by atoms with van der Waals surface area (Å²) in [6.45, 7) is 2.21. The molecule has 1 aromatic carbocycles. The third-order valence-corrected chi connectivity index (χ3v) is 10.7. The first-order chi connectivity index (χ1) is 14.8. The van der Waals surface area contributed by atoms with Crippen LogP contribution in [0.1, 0.15) is 69.8 Å². The second kappa shape index (κ2) is 8.03. The van der Waals surface area contributed by atoms with E-state index in [9.17, 15) is 13.2 Å². The number of nitrogens with one attached hydrogen (secondary N) is 1. The summed E-state index contributed by atoms with van der Waals surface area (Å²) < 4.78 is 28.6. The number of rotatable bonds is 5. The number of piperidine rings is 1. The van der Waals surface area contributed by atoms with Crippen LogP contribution in [-0.2, 0) is 14.8 Å². The summed E-state index contributed by atoms with van der Waals surface area (Å²) in [7, 11) is -3.69. The molecule has 6 rings (SSSR count). The monoisotopic (exact) mass is 464 g/mol. The van der Waals surface area contributed by atoms with Gasteiger partial charge in [0.15, 0.2) is 0 Å². The summed E-state index contributed by atoms with van der Waals surface area (Å²) in [5.41, 5.74) is 0.541. The number of sulfonamides is 1. The van der Waals surface area contributed by atoms with Crippen molar-refractivity contribution in [3.63, 3.8) is 0 Å². The van der Waals surface area contributed by atoms with E-state index in [-0.39, 0.29) is 28.8 Å². The summed E-state index contributed by atoms with van der Waals surface area (Å²) in [6.07, 6.45) is 10.1. The molecule has 170 valence electrons. The summed E-state index contributed by atoms with van der Waals surface area (Å²) in [5, 5.41) is 3.88. The van der Waals surface area contributed by atoms with Gasteiger partial charge in [-0.05, 0) is 93.7 Å². The summed E-state index contributed by atoms with van der Waals surface area (Å²) in [5.74, 6) is 2.33. The smallest absolute Gasteiger partial charge is 0.243 e. The molecule has 0 spiro atoms. The highest BCUT2D eigenvalue weighted by molar-refractivity contribution is 7.89. The molecule has 5 fully saturated rings. The van der Waals surface area contributed by atoms with Gasteiger partial charge in [0.05, 0.1) is 4.90 Å². The van der Waals surface area contributed by atoms with Crippen LogP contribution < -0.4 is 5.32 Å². The van der Waals surface area contributed by atoms with Crippen LogP contribution in [-0.4, -0.2) is 36.8 Å². The van der Waals surface area contributed by atoms with Gasteiger partial charge in [-0.2, -0.15) is 4.31 Å². The third-order valence-electron chi connectivity index (χ3n) is 8.24. The Morgan fingerprint density at radius 2 is 1.77 bits per heavy atom. The second-order valence-corrected chi connectivity index (χ2v) is 12.8. The minimum atomic E-state index is -3.69. The van der Waals surface area contributed by atoms with Gasteiger partial charge in [-0.25, -0.2) is 8.42 Å². The molecule has 1 heterocycles. The molecule has 1 N–H and O–H groups in total. The number of carbonyl (C=O) groups is 1. The van der Waals surface area contributed by atoms with E-state index >= 15 is 0 Å². The predicted molar refractivity (Wildman–Crippen MR) is 121 cm³/mol. The fourth-order valence-corrected chi connectivity index (χ4v) is 9.49. The molecule has 1 saturated heterocycles. The molecule has 0 aromatic heterocycles. The van der Waals surface area contributed by atoms with E-state index in [1.807, 2.05) is 0 Å². The van der Waals surface area contributed by atoms with Crippen molar-refractivity contribution in [2.45, 2.75) is 87.6 Å². The van der Waals surface area contributed by atoms with Gasteiger partial charge in [0, 0.05) is 29.6 Å². The van der Waals surface area contributed by atoms with E-state index in [4.69, 9.17) is 11.6 Å². The van der Waals surface area contributed by atoms with E-state index in [1.54, 1.807) is 29.4 Å². The molecular weight excluding hydrogens is 432 g/mol. The lowest BCUT2D eigenvalue weighted by atomic mass is 9.53. The van der Waals surface area contributed by atoms with Crippen molar-refractivity contribution in [1.29, 1.82) is 0 Å². The van der Waals surface area contributed by atoms with Crippen LogP contribution in [0.25, 0.3) is 0 Å². The Balaban J connectivity index is 1.32. The van der Waals surface area contributed by atoms with Crippen LogP contribution >= 0.6 is 11.6 Å². The maximum absolute atomic E-state index is 13.5. The SMILES string of the molecule is Cc1c(Cl)cccc1S(=O)(=O)N1CCCCC1CC(=O)NC12CC3CC(CC(C3)C1)C2. The molecule has 4 aliphatic carbocycles. The van der Waals surface area contributed by atoms with E-state index in [0.717, 1.165) is 56.3 Å². The highest BCUT2D eigenvalue weighted by Gasteiger charge is 2.51. The average molecular weight is 465 g/mol. The Kier molecular flexibility index (Phi) is 5.63. The molecule has 1 unspecified atom stereocenters. The Labute approximate surface area is 191 Å². The summed E-state index contributed by atoms with van der Waals surface area (Å²) >= 11 is 6.20. The van der Waals surface area contributed by atoms with E-state index in [2.05, 4.69) is 5.32 Å². The molecule has 0 radical (unpaired) electrons. The molecule has 1 aromatic rings. The third kappa shape index (κ3) is 4.04. The van der Waals surface area contributed by atoms with E-state index in [1.165, 1.54) is 19.3 Å². The van der Waals surface area contributed by atoms with Crippen molar-refractivity contribution < 1.29 is 13.2 Å². The van der Waals surface area contributed by atoms with Crippen molar-refractivity contribution in [3.8, 4) is 0 Å². The van der Waals surface area contributed by atoms with Crippen LogP contribution in [0.2, 0.25) is 5.02 Å². The van der Waals surface area contributed by atoms with Crippen LogP contribution in [0.4, 0.5) is 0 Å². The van der Waals surface area contributed by atoms with Gasteiger partial charge < -0.3 is 5.32 Å². The lowest BCUT2D eigenvalue weighted by Crippen LogP contribution is -2.60. The maximum Gasteiger partial charge on any atom is 0.243 e. The van der Waals surface area contributed by atoms with Gasteiger partial charge in [0.2, 0.25) is 15.9 Å². The second-order valence-electron chi connectivity index (χ2n) is 10.6. The summed E-state index contributed by atoms with van der Waals surface area (Å²) in [6, 6.07) is 4.73. The standard InChI is InChI=1S/C24H33ClN2O3S/c1-16-21(25)6-4-7-22(16)31(29,30)27-8-3-2-5-20(27)12-23(28)26-24-13-17-9-18(14-24)11-19(10-17)15-24/h4,6-7,17-20H,2-3,5,8-15H2,1H3,(H,26,28). The highest BCUT2D eigenvalue weighted by atomic mass is 35.5. The molecule has 7 heteroatoms. The minimum absolute atomic E-state index is 0.0249. The lowest BCUT2D eigenvalue weighted by molar-refractivity contribution is -0.127. The number of hydrogen-bond donors (Lipinski definition) is 1. The molecule has 1 amide bonds. The van der Waals surface area contributed by atoms with Crippen LogP contribution in [0.3, 0.4) is 0 Å². The predicted octanol–water partition coefficient (Wildman–Crippen LogP) is 4.67. The first-order valence-corrected chi connectivity index (χ1v) is 13.7. The van der Waals surface area contributed by atoms with Gasteiger partial charge in [-0.15, -0.1) is 0 Å². The highest BCUT2D eigenvalue weighted by Crippen LogP contribution is 2.55. The van der Waals surface area contributed by atoms with Crippen molar-refractivity contribution in [3.05, 3.63) is 28.8 Å². The normalized spacial score (nSPS) is 35.3. The van der Waals surface area contributed by atoms with Gasteiger partial charge in [0.25, 0.3) is 0 Å². The van der Waals surface area contributed by atoms with Crippen LogP contribution in [0.15, 0.2) is 23.1 Å². The van der Waals surface area contributed by atoms with Gasteiger partial charge in [0.1, 0.15) is 0 Å². The summed E-state index contributed by atoms with van der Waals surface area (Å²) in [4.78, 5) is 13.4. The molecule has 5 aliphatic rings. The number of amides is 1. The Morgan fingerprint density at radius 3 is 2.42 bits per heavy atom. The van der Waals surface area contributed by atoms with Crippen LogP contribution in [0, 0.1) is 24.7 Å². The number of carbonyl (C=O) groups excluding carboxylic acids is 1. The van der Waals surface area contributed by atoms with Gasteiger partial charge in [-0.3, -0.25) is 4.79 Å². The number of benzene rings is 1.